The number of benzene rings is 2. The number of rotatable bonds is 5. The van der Waals surface area contributed by atoms with Crippen molar-refractivity contribution in [2.75, 3.05) is 23.4 Å². The van der Waals surface area contributed by atoms with Crippen molar-refractivity contribution in [3.05, 3.63) is 78.0 Å². The number of aryl methyl sites for hydroxylation is 1. The van der Waals surface area contributed by atoms with Crippen LogP contribution in [-0.2, 0) is 6.42 Å². The molecule has 2 heterocycles. The van der Waals surface area contributed by atoms with E-state index in [9.17, 15) is 4.79 Å². The second-order valence-electron chi connectivity index (χ2n) is 6.70. The van der Waals surface area contributed by atoms with Crippen LogP contribution in [0.3, 0.4) is 0 Å². The van der Waals surface area contributed by atoms with Crippen molar-refractivity contribution >= 4 is 23.1 Å². The summed E-state index contributed by atoms with van der Waals surface area (Å²) in [6, 6.07) is 19.5. The Kier molecular flexibility index (Phi) is 5.24. The molecular formula is C23H23N3O2. The molecular weight excluding hydrogens is 350 g/mol. The Hall–Kier alpha value is -3.34. The molecule has 0 atom stereocenters. The van der Waals surface area contributed by atoms with Gasteiger partial charge in [0.25, 0.3) is 5.91 Å². The number of hydrogen-bond donors (Lipinski definition) is 1. The van der Waals surface area contributed by atoms with Gasteiger partial charge in [-0.2, -0.15) is 0 Å². The number of ether oxygens (including phenoxy) is 1. The van der Waals surface area contributed by atoms with Crippen molar-refractivity contribution < 1.29 is 9.53 Å². The van der Waals surface area contributed by atoms with Crippen LogP contribution in [0.25, 0.3) is 0 Å². The number of hydrogen-bond acceptors (Lipinski definition) is 4. The van der Waals surface area contributed by atoms with Crippen LogP contribution < -0.4 is 15.0 Å². The molecule has 0 spiro atoms. The van der Waals surface area contributed by atoms with Crippen LogP contribution in [0.15, 0.2) is 66.9 Å². The van der Waals surface area contributed by atoms with Gasteiger partial charge < -0.3 is 15.0 Å². The monoisotopic (exact) mass is 373 g/mol. The van der Waals surface area contributed by atoms with E-state index in [4.69, 9.17) is 4.74 Å². The Morgan fingerprint density at radius 1 is 1.11 bits per heavy atom. The maximum absolute atomic E-state index is 13.0. The summed E-state index contributed by atoms with van der Waals surface area (Å²) in [4.78, 5) is 19.3. The first-order valence-electron chi connectivity index (χ1n) is 9.60. The molecule has 1 aliphatic rings. The Labute approximate surface area is 165 Å². The number of nitrogens with one attached hydrogen (secondary N) is 1. The third-order valence-corrected chi connectivity index (χ3v) is 4.80. The molecule has 0 saturated heterocycles. The highest BCUT2D eigenvalue weighted by Gasteiger charge is 2.23. The Morgan fingerprint density at radius 3 is 2.68 bits per heavy atom. The molecule has 1 amide bonds. The predicted molar refractivity (Wildman–Crippen MR) is 112 cm³/mol. The van der Waals surface area contributed by atoms with E-state index >= 15 is 0 Å². The first-order valence-corrected chi connectivity index (χ1v) is 9.60. The van der Waals surface area contributed by atoms with E-state index in [2.05, 4.69) is 16.4 Å². The smallest absolute Gasteiger partial charge is 0.259 e. The minimum atomic E-state index is -0.00716. The summed E-state index contributed by atoms with van der Waals surface area (Å²) in [6.07, 6.45) is 3.63. The molecule has 0 unspecified atom stereocenters. The topological polar surface area (TPSA) is 54.5 Å². The lowest BCUT2D eigenvalue weighted by atomic mass is 10.0. The zero-order valence-corrected chi connectivity index (χ0v) is 15.9. The van der Waals surface area contributed by atoms with Crippen molar-refractivity contribution in [3.63, 3.8) is 0 Å². The summed E-state index contributed by atoms with van der Waals surface area (Å²) in [5, 5.41) is 3.24. The minimum Gasteiger partial charge on any atom is -0.494 e. The van der Waals surface area contributed by atoms with Gasteiger partial charge in [0.05, 0.1) is 12.2 Å². The highest BCUT2D eigenvalue weighted by Crippen LogP contribution is 2.28. The Morgan fingerprint density at radius 2 is 1.93 bits per heavy atom. The minimum absolute atomic E-state index is 0.00716. The fourth-order valence-corrected chi connectivity index (χ4v) is 3.44. The molecule has 0 saturated carbocycles. The zero-order valence-electron chi connectivity index (χ0n) is 15.9. The molecule has 4 rings (SSSR count). The summed E-state index contributed by atoms with van der Waals surface area (Å²) in [5.41, 5.74) is 3.74. The zero-order chi connectivity index (χ0) is 19.3. The SMILES string of the molecule is CCOc1ccc(Nc2ccc(C(=O)N3CCCc4ccccc43)cn2)cc1. The van der Waals surface area contributed by atoms with Crippen molar-refractivity contribution in [1.29, 1.82) is 0 Å². The van der Waals surface area contributed by atoms with Gasteiger partial charge in [-0.15, -0.1) is 0 Å². The number of carbonyl (C=O) groups excluding carboxylic acids is 1. The van der Waals surface area contributed by atoms with Gasteiger partial charge in [-0.3, -0.25) is 4.79 Å². The van der Waals surface area contributed by atoms with E-state index in [1.54, 1.807) is 6.20 Å². The highest BCUT2D eigenvalue weighted by atomic mass is 16.5. The van der Waals surface area contributed by atoms with Gasteiger partial charge in [-0.05, 0) is 67.8 Å². The second kappa shape index (κ2) is 8.13. The summed E-state index contributed by atoms with van der Waals surface area (Å²) >= 11 is 0. The molecule has 2 aromatic carbocycles. The first-order chi connectivity index (χ1) is 13.7. The number of carbonyl (C=O) groups is 1. The average Bonchev–Trinajstić information content (AvgIpc) is 2.75. The lowest BCUT2D eigenvalue weighted by molar-refractivity contribution is 0.0985. The molecule has 5 nitrogen and oxygen atoms in total. The number of amides is 1. The number of anilines is 3. The van der Waals surface area contributed by atoms with Crippen molar-refractivity contribution in [1.82, 2.24) is 4.98 Å². The maximum Gasteiger partial charge on any atom is 0.259 e. The van der Waals surface area contributed by atoms with Crippen LogP contribution in [-0.4, -0.2) is 24.0 Å². The van der Waals surface area contributed by atoms with E-state index in [1.807, 2.05) is 66.4 Å². The van der Waals surface area contributed by atoms with E-state index in [0.29, 0.717) is 18.0 Å². The van der Waals surface area contributed by atoms with Crippen LogP contribution in [0, 0.1) is 0 Å². The van der Waals surface area contributed by atoms with Gasteiger partial charge in [-0.1, -0.05) is 18.2 Å². The van der Waals surface area contributed by atoms with Gasteiger partial charge in [0.2, 0.25) is 0 Å². The Balaban J connectivity index is 1.47. The molecule has 0 radical (unpaired) electrons. The molecule has 142 valence electrons. The number of para-hydroxylation sites is 1. The molecule has 1 aliphatic heterocycles. The molecule has 0 fully saturated rings. The summed E-state index contributed by atoms with van der Waals surface area (Å²) in [7, 11) is 0. The fraction of sp³-hybridized carbons (Fsp3) is 0.217. The van der Waals surface area contributed by atoms with Gasteiger partial charge in [0, 0.05) is 24.1 Å². The van der Waals surface area contributed by atoms with Gasteiger partial charge in [0.1, 0.15) is 11.6 Å². The molecule has 1 N–H and O–H groups in total. The Bertz CT molecular complexity index is 952. The average molecular weight is 373 g/mol. The molecule has 5 heteroatoms. The van der Waals surface area contributed by atoms with E-state index in [-0.39, 0.29) is 5.91 Å². The quantitative estimate of drug-likeness (QED) is 0.697. The van der Waals surface area contributed by atoms with E-state index in [1.165, 1.54) is 5.56 Å². The number of nitrogens with zero attached hydrogens (tertiary/aromatic N) is 2. The van der Waals surface area contributed by atoms with Crippen LogP contribution in [0.5, 0.6) is 5.75 Å². The predicted octanol–water partition coefficient (Wildman–Crippen LogP) is 4.82. The third-order valence-electron chi connectivity index (χ3n) is 4.80. The van der Waals surface area contributed by atoms with E-state index in [0.717, 1.165) is 36.5 Å². The molecule has 28 heavy (non-hydrogen) atoms. The third kappa shape index (κ3) is 3.83. The maximum atomic E-state index is 13.0. The lowest BCUT2D eigenvalue weighted by Crippen LogP contribution is -2.35. The number of fused-ring (bicyclic) bond motifs is 1. The molecule has 3 aromatic rings. The molecule has 0 bridgehead atoms. The largest absolute Gasteiger partial charge is 0.494 e. The standard InChI is InChI=1S/C23H23N3O2/c1-2-28-20-12-10-19(11-13-20)25-22-14-9-18(16-24-22)23(27)26-15-5-7-17-6-3-4-8-21(17)26/h3-4,6,8-14,16H,2,5,7,15H2,1H3,(H,24,25). The van der Waals surface area contributed by atoms with Gasteiger partial charge >= 0.3 is 0 Å². The van der Waals surface area contributed by atoms with E-state index < -0.39 is 0 Å². The molecule has 0 aliphatic carbocycles. The molecule has 1 aromatic heterocycles. The first kappa shape index (κ1) is 18.0. The van der Waals surface area contributed by atoms with Crippen LogP contribution in [0.4, 0.5) is 17.2 Å². The van der Waals surface area contributed by atoms with Crippen molar-refractivity contribution in [2.24, 2.45) is 0 Å². The number of pyridine rings is 1. The summed E-state index contributed by atoms with van der Waals surface area (Å²) in [6.45, 7) is 3.34. The van der Waals surface area contributed by atoms with Crippen LogP contribution >= 0.6 is 0 Å². The van der Waals surface area contributed by atoms with Crippen molar-refractivity contribution in [3.8, 4) is 5.75 Å². The van der Waals surface area contributed by atoms with Crippen molar-refractivity contribution in [2.45, 2.75) is 19.8 Å². The highest BCUT2D eigenvalue weighted by molar-refractivity contribution is 6.06. The summed E-state index contributed by atoms with van der Waals surface area (Å²) < 4.78 is 5.45. The normalized spacial score (nSPS) is 13.0. The van der Waals surface area contributed by atoms with Gasteiger partial charge in [0.15, 0.2) is 0 Å². The fourth-order valence-electron chi connectivity index (χ4n) is 3.44. The number of aromatic nitrogens is 1. The second-order valence-corrected chi connectivity index (χ2v) is 6.70. The van der Waals surface area contributed by atoms with Crippen LogP contribution in [0.2, 0.25) is 0 Å². The van der Waals surface area contributed by atoms with Gasteiger partial charge in [-0.25, -0.2) is 4.98 Å². The summed E-state index contributed by atoms with van der Waals surface area (Å²) in [5.74, 6) is 1.52. The lowest BCUT2D eigenvalue weighted by Gasteiger charge is -2.29. The van der Waals surface area contributed by atoms with Crippen LogP contribution in [0.1, 0.15) is 29.3 Å².